The minimum Gasteiger partial charge on any atom is -0.486 e. The minimum atomic E-state index is -2.10. The molecule has 0 saturated heterocycles. The molecule has 4 nitrogen and oxygen atoms in total. The molecule has 6 rings (SSSR count). The number of aryl methyl sites for hydroxylation is 3. The number of furan rings is 1. The van der Waals surface area contributed by atoms with Crippen LogP contribution >= 0.6 is 0 Å². The van der Waals surface area contributed by atoms with Gasteiger partial charge < -0.3 is 14.4 Å². The number of hydrogen-bond acceptors (Lipinski definition) is 4. The zero-order valence-electron chi connectivity index (χ0n) is 27.0. The van der Waals surface area contributed by atoms with Crippen LogP contribution in [0.25, 0.3) is 44.6 Å². The molecule has 0 aliphatic carbocycles. The zero-order chi connectivity index (χ0) is 30.8. The molecule has 0 aliphatic rings. The van der Waals surface area contributed by atoms with Crippen LogP contribution in [0, 0.1) is 32.8 Å². The largest absolute Gasteiger partial charge is 0.486 e. The first-order chi connectivity index (χ1) is 20.5. The van der Waals surface area contributed by atoms with Crippen LogP contribution in [0.5, 0.6) is 0 Å². The van der Waals surface area contributed by atoms with Crippen LogP contribution < -0.4 is 0 Å². The van der Waals surface area contributed by atoms with Crippen LogP contribution in [-0.4, -0.2) is 15.0 Å². The van der Waals surface area contributed by atoms with E-state index in [1.165, 1.54) is 6.20 Å². The summed E-state index contributed by atoms with van der Waals surface area (Å²) in [5.74, 6) is -0.599. The summed E-state index contributed by atoms with van der Waals surface area (Å²) in [4.78, 5) is 13.2. The van der Waals surface area contributed by atoms with Gasteiger partial charge in [-0.3, -0.25) is 0 Å². The number of pyridine rings is 3. The predicted molar refractivity (Wildman–Crippen MR) is 160 cm³/mol. The summed E-state index contributed by atoms with van der Waals surface area (Å²) in [6.45, 7) is 5.74. The van der Waals surface area contributed by atoms with Crippen LogP contribution in [-0.2, 0) is 20.1 Å². The smallest absolute Gasteiger partial charge is 0.216 e. The normalized spacial score (nSPS) is 12.9. The summed E-state index contributed by atoms with van der Waals surface area (Å²) in [6, 6.07) is 27.5. The molecule has 0 amide bonds. The maximum absolute atomic E-state index is 8.72. The van der Waals surface area contributed by atoms with E-state index in [9.17, 15) is 0 Å². The van der Waals surface area contributed by atoms with Crippen molar-refractivity contribution in [1.29, 1.82) is 0 Å². The molecule has 0 atom stereocenters. The summed E-state index contributed by atoms with van der Waals surface area (Å²) in [6.07, 6.45) is 4.72. The fourth-order valence-corrected chi connectivity index (χ4v) is 4.61. The Morgan fingerprint density at radius 3 is 2.48 bits per heavy atom. The van der Waals surface area contributed by atoms with Crippen LogP contribution in [0.3, 0.4) is 0 Å². The molecule has 0 fully saturated rings. The van der Waals surface area contributed by atoms with Gasteiger partial charge in [-0.05, 0) is 74.6 Å². The second-order valence-corrected chi connectivity index (χ2v) is 9.40. The van der Waals surface area contributed by atoms with Crippen LogP contribution in [0.4, 0.5) is 0 Å². The Balaban J connectivity index is 0.000000214. The van der Waals surface area contributed by atoms with E-state index in [1.54, 1.807) is 19.2 Å². The molecule has 4 aromatic heterocycles. The SMILES string of the molecule is [2H]C(CC)(CC)c1ccnc(-c2[c-]ccc3c2oc2nc(C)ccc23)c1.[2H]C([2H])([2H])c1cnc(-c2[c-]cccc2)cc1C.[Ir]. The average molecular weight is 708 g/mol. The van der Waals surface area contributed by atoms with E-state index >= 15 is 0 Å². The second kappa shape index (κ2) is 13.1. The minimum absolute atomic E-state index is 0. The Labute approximate surface area is 255 Å². The van der Waals surface area contributed by atoms with E-state index < -0.39 is 12.7 Å². The average Bonchev–Trinajstić information content (AvgIpc) is 3.38. The molecule has 6 aromatic rings. The van der Waals surface area contributed by atoms with Gasteiger partial charge in [0.1, 0.15) is 0 Å². The summed E-state index contributed by atoms with van der Waals surface area (Å²) < 4.78 is 36.9. The third-order valence-corrected chi connectivity index (χ3v) is 6.81. The van der Waals surface area contributed by atoms with Gasteiger partial charge in [-0.1, -0.05) is 48.1 Å². The Bertz CT molecular complexity index is 1880. The predicted octanol–water partition coefficient (Wildman–Crippen LogP) is 9.22. The van der Waals surface area contributed by atoms with Gasteiger partial charge in [0.15, 0.2) is 0 Å². The Hall–Kier alpha value is -3.66. The fourth-order valence-electron chi connectivity index (χ4n) is 4.61. The molecule has 0 bridgehead atoms. The maximum atomic E-state index is 8.72. The van der Waals surface area contributed by atoms with Gasteiger partial charge in [0.2, 0.25) is 5.71 Å². The van der Waals surface area contributed by atoms with E-state index in [0.29, 0.717) is 11.3 Å². The van der Waals surface area contributed by atoms with Gasteiger partial charge in [-0.15, -0.1) is 54.1 Å². The molecule has 0 saturated carbocycles. The number of nitrogens with zero attached hydrogens (tertiary/aromatic N) is 3. The number of benzene rings is 2. The van der Waals surface area contributed by atoms with Gasteiger partial charge in [0.25, 0.3) is 0 Å². The molecule has 2 aromatic carbocycles. The summed E-state index contributed by atoms with van der Waals surface area (Å²) >= 11 is 0. The van der Waals surface area contributed by atoms with Crippen molar-refractivity contribution in [2.24, 2.45) is 0 Å². The molecule has 0 N–H and O–H groups in total. The van der Waals surface area contributed by atoms with Crippen molar-refractivity contribution in [1.82, 2.24) is 15.0 Å². The molecule has 0 aliphatic heterocycles. The molecule has 205 valence electrons. The molecular weight excluding hydrogens is 671 g/mol. The van der Waals surface area contributed by atoms with Gasteiger partial charge in [-0.2, -0.15) is 0 Å². The molecule has 5 heteroatoms. The molecular formula is C35H33IrN3O-2. The van der Waals surface area contributed by atoms with E-state index in [2.05, 4.69) is 40.9 Å². The number of fused-ring (bicyclic) bond motifs is 3. The van der Waals surface area contributed by atoms with Crippen LogP contribution in [0.15, 0.2) is 83.5 Å². The van der Waals surface area contributed by atoms with Gasteiger partial charge in [-0.25, -0.2) is 4.98 Å². The van der Waals surface area contributed by atoms with Crippen molar-refractivity contribution in [3.63, 3.8) is 0 Å². The van der Waals surface area contributed by atoms with E-state index in [-0.39, 0.29) is 20.1 Å². The first kappa shape index (κ1) is 24.2. The number of aromatic nitrogens is 3. The monoisotopic (exact) mass is 708 g/mol. The van der Waals surface area contributed by atoms with Gasteiger partial charge in [0, 0.05) is 49.1 Å². The fraction of sp³-hybridized carbons (Fsp3) is 0.229. The van der Waals surface area contributed by atoms with Crippen molar-refractivity contribution < 1.29 is 30.0 Å². The van der Waals surface area contributed by atoms with Crippen LogP contribution in [0.1, 0.15) is 60.5 Å². The second-order valence-electron chi connectivity index (χ2n) is 9.40. The van der Waals surface area contributed by atoms with E-state index in [4.69, 9.17) is 9.90 Å². The first-order valence-corrected chi connectivity index (χ1v) is 13.2. The Kier molecular flexibility index (Phi) is 7.93. The number of hydrogen-bond donors (Lipinski definition) is 0. The molecule has 4 heterocycles. The molecule has 40 heavy (non-hydrogen) atoms. The maximum Gasteiger partial charge on any atom is 0.216 e. The van der Waals surface area contributed by atoms with Crippen molar-refractivity contribution >= 4 is 22.1 Å². The summed E-state index contributed by atoms with van der Waals surface area (Å²) in [5.41, 5.74) is 7.52. The Morgan fingerprint density at radius 2 is 1.75 bits per heavy atom. The van der Waals surface area contributed by atoms with Crippen molar-refractivity contribution in [2.45, 2.75) is 53.3 Å². The third kappa shape index (κ3) is 6.22. The van der Waals surface area contributed by atoms with E-state index in [1.807, 2.05) is 67.6 Å². The van der Waals surface area contributed by atoms with E-state index in [0.717, 1.165) is 68.5 Å². The van der Waals surface area contributed by atoms with Gasteiger partial charge >= 0.3 is 0 Å². The van der Waals surface area contributed by atoms with Gasteiger partial charge in [0.05, 0.1) is 5.58 Å². The van der Waals surface area contributed by atoms with Crippen molar-refractivity contribution in [3.05, 3.63) is 114 Å². The van der Waals surface area contributed by atoms with Crippen LogP contribution in [0.2, 0.25) is 0 Å². The van der Waals surface area contributed by atoms with Crippen molar-refractivity contribution in [2.75, 3.05) is 0 Å². The summed E-state index contributed by atoms with van der Waals surface area (Å²) in [7, 11) is 0. The zero-order valence-corrected chi connectivity index (χ0v) is 25.4. The Morgan fingerprint density at radius 1 is 0.900 bits per heavy atom. The topological polar surface area (TPSA) is 51.8 Å². The molecule has 0 unspecified atom stereocenters. The first-order valence-electron chi connectivity index (χ1n) is 15.2. The third-order valence-electron chi connectivity index (χ3n) is 6.81. The standard InChI is InChI=1S/C22H21N2O.C13H12N.Ir/c1-4-15(5-2)16-11-12-23-20(13-16)19-8-6-7-17-18-10-9-14(3)24-22(18)25-21(17)19;1-10-8-13(14-9-11(10)2)12-6-4-3-5-7-12;/h6-7,9-13,15H,4-5H2,1-3H3;3-6,8-9H,1-2H3;/q2*-1;/i15D;2D3;. The van der Waals surface area contributed by atoms with Crippen molar-refractivity contribution in [3.8, 4) is 22.5 Å². The quantitative estimate of drug-likeness (QED) is 0.168. The molecule has 0 spiro atoms. The summed E-state index contributed by atoms with van der Waals surface area (Å²) in [5, 5.41) is 2.01. The molecule has 1 radical (unpaired) electrons. The number of rotatable bonds is 5.